The number of imide groups is 1. The lowest BCUT2D eigenvalue weighted by atomic mass is 9.98. The Kier molecular flexibility index (Phi) is 5.70. The summed E-state index contributed by atoms with van der Waals surface area (Å²) in [6.45, 7) is 3.55. The fourth-order valence-corrected chi connectivity index (χ4v) is 5.11. The van der Waals surface area contributed by atoms with Crippen molar-refractivity contribution < 1.29 is 23.9 Å². The summed E-state index contributed by atoms with van der Waals surface area (Å²) < 4.78 is 7.16. The van der Waals surface area contributed by atoms with Crippen molar-refractivity contribution in [2.75, 3.05) is 13.2 Å². The molecule has 1 N–H and O–H groups in total. The van der Waals surface area contributed by atoms with E-state index in [1.165, 1.54) is 4.88 Å². The molecule has 1 saturated heterocycles. The number of hydrogen-bond acceptors (Lipinski definition) is 6. The highest BCUT2D eigenvalue weighted by Crippen LogP contribution is 2.34. The van der Waals surface area contributed by atoms with Crippen LogP contribution in [0.15, 0.2) is 23.6 Å². The van der Waals surface area contributed by atoms with Crippen LogP contribution in [0.25, 0.3) is 0 Å². The van der Waals surface area contributed by atoms with Crippen molar-refractivity contribution in [1.29, 1.82) is 0 Å². The minimum Gasteiger partial charge on any atom is -0.456 e. The van der Waals surface area contributed by atoms with Gasteiger partial charge in [0.05, 0.1) is 6.54 Å². The van der Waals surface area contributed by atoms with E-state index in [1.807, 2.05) is 31.4 Å². The second kappa shape index (κ2) is 8.30. The van der Waals surface area contributed by atoms with Gasteiger partial charge in [0, 0.05) is 21.8 Å². The highest BCUT2D eigenvalue weighted by atomic mass is 32.1. The first-order valence-corrected chi connectivity index (χ1v) is 11.2. The third-order valence-electron chi connectivity index (χ3n) is 6.12. The van der Waals surface area contributed by atoms with Gasteiger partial charge in [-0.15, -0.1) is 11.3 Å². The van der Waals surface area contributed by atoms with Crippen LogP contribution in [0.1, 0.15) is 52.3 Å². The Labute approximate surface area is 184 Å². The summed E-state index contributed by atoms with van der Waals surface area (Å²) in [4.78, 5) is 51.8. The van der Waals surface area contributed by atoms with Crippen LogP contribution in [0.4, 0.5) is 4.79 Å². The lowest BCUT2D eigenvalue weighted by Gasteiger charge is -2.19. The van der Waals surface area contributed by atoms with Gasteiger partial charge in [0.25, 0.3) is 5.91 Å². The first-order chi connectivity index (χ1) is 14.8. The number of rotatable bonds is 7. The fourth-order valence-electron chi connectivity index (χ4n) is 4.42. The molecule has 0 unspecified atom stereocenters. The maximum Gasteiger partial charge on any atom is 0.326 e. The lowest BCUT2D eigenvalue weighted by Crippen LogP contribution is -2.44. The first-order valence-electron chi connectivity index (χ1n) is 10.3. The molecule has 31 heavy (non-hydrogen) atoms. The van der Waals surface area contributed by atoms with E-state index in [9.17, 15) is 19.2 Å². The van der Waals surface area contributed by atoms with Gasteiger partial charge in [-0.2, -0.15) is 0 Å². The molecule has 1 aliphatic carbocycles. The van der Waals surface area contributed by atoms with Crippen molar-refractivity contribution in [3.05, 3.63) is 45.4 Å². The Morgan fingerprint density at radius 2 is 1.97 bits per heavy atom. The van der Waals surface area contributed by atoms with Crippen molar-refractivity contribution in [2.45, 2.75) is 51.6 Å². The number of nitrogens with one attached hydrogen (secondary N) is 1. The Hall–Kier alpha value is -2.94. The molecular weight excluding hydrogens is 418 g/mol. The van der Waals surface area contributed by atoms with Crippen LogP contribution in [0.5, 0.6) is 0 Å². The van der Waals surface area contributed by atoms with E-state index < -0.39 is 30.7 Å². The third kappa shape index (κ3) is 4.01. The van der Waals surface area contributed by atoms with Crippen molar-refractivity contribution in [1.82, 2.24) is 14.8 Å². The summed E-state index contributed by atoms with van der Waals surface area (Å²) in [6.07, 6.45) is 2.90. The number of urea groups is 1. The summed E-state index contributed by atoms with van der Waals surface area (Å²) in [5.74, 6) is -1.47. The molecule has 4 rings (SSSR count). The SMILES string of the molecule is Cc1cc(C(=O)COC(=O)CN2C(=O)NC3(CCCC3)C2=O)c(C)n1Cc1cccs1. The van der Waals surface area contributed by atoms with Crippen molar-refractivity contribution >= 4 is 35.0 Å². The molecule has 2 aliphatic rings. The molecule has 2 aromatic rings. The third-order valence-corrected chi connectivity index (χ3v) is 6.98. The second-order valence-corrected chi connectivity index (χ2v) is 9.18. The van der Waals surface area contributed by atoms with Gasteiger partial charge in [-0.1, -0.05) is 18.9 Å². The summed E-state index contributed by atoms with van der Waals surface area (Å²) >= 11 is 1.65. The number of amides is 3. The van der Waals surface area contributed by atoms with Crippen molar-refractivity contribution in [3.8, 4) is 0 Å². The fraction of sp³-hybridized carbons (Fsp3) is 0.455. The summed E-state index contributed by atoms with van der Waals surface area (Å²) in [5.41, 5.74) is 1.39. The minimum absolute atomic E-state index is 0.316. The molecule has 1 saturated carbocycles. The van der Waals surface area contributed by atoms with E-state index in [-0.39, 0.29) is 11.7 Å². The number of esters is 1. The Morgan fingerprint density at radius 3 is 2.65 bits per heavy atom. The van der Waals surface area contributed by atoms with E-state index in [1.54, 1.807) is 17.4 Å². The summed E-state index contributed by atoms with van der Waals surface area (Å²) in [5, 5.41) is 4.73. The van der Waals surface area contributed by atoms with Crippen LogP contribution < -0.4 is 5.32 Å². The highest BCUT2D eigenvalue weighted by molar-refractivity contribution is 7.09. The van der Waals surface area contributed by atoms with E-state index in [0.717, 1.165) is 29.1 Å². The van der Waals surface area contributed by atoms with Gasteiger partial charge >= 0.3 is 12.0 Å². The Bertz CT molecular complexity index is 1030. The van der Waals surface area contributed by atoms with Gasteiger partial charge < -0.3 is 14.6 Å². The van der Waals surface area contributed by atoms with Crippen LogP contribution in [-0.4, -0.2) is 51.8 Å². The molecule has 8 nitrogen and oxygen atoms in total. The quantitative estimate of drug-likeness (QED) is 0.403. The van der Waals surface area contributed by atoms with Crippen molar-refractivity contribution in [2.24, 2.45) is 0 Å². The standard InChI is InChI=1S/C22H25N3O5S/c1-14-10-17(15(2)24(14)11-16-6-5-9-31-16)18(26)13-30-19(27)12-25-20(28)22(23-21(25)29)7-3-4-8-22/h5-6,9-10H,3-4,7-8,11-13H2,1-2H3,(H,23,29). The predicted molar refractivity (Wildman–Crippen MR) is 114 cm³/mol. The molecule has 0 radical (unpaired) electrons. The second-order valence-electron chi connectivity index (χ2n) is 8.14. The molecule has 1 spiro atoms. The molecule has 0 bridgehead atoms. The number of hydrogen-bond donors (Lipinski definition) is 1. The maximum absolute atomic E-state index is 12.7. The number of Topliss-reactive ketones (excluding diaryl/α,β-unsaturated/α-hetero) is 1. The average Bonchev–Trinajstić information content (AvgIpc) is 3.51. The average molecular weight is 444 g/mol. The number of aryl methyl sites for hydroxylation is 1. The number of ketones is 1. The number of ether oxygens (including phenoxy) is 1. The molecule has 3 heterocycles. The normalized spacial score (nSPS) is 17.4. The van der Waals surface area contributed by atoms with Crippen LogP contribution in [0, 0.1) is 13.8 Å². The lowest BCUT2D eigenvalue weighted by molar-refractivity contribution is -0.146. The largest absolute Gasteiger partial charge is 0.456 e. The molecule has 2 fully saturated rings. The van der Waals surface area contributed by atoms with E-state index in [2.05, 4.69) is 9.88 Å². The monoisotopic (exact) mass is 443 g/mol. The van der Waals surface area contributed by atoms with Gasteiger partial charge in [0.1, 0.15) is 12.1 Å². The molecule has 1 aliphatic heterocycles. The number of carbonyl (C=O) groups excluding carboxylic acids is 4. The Balaban J connectivity index is 1.35. The summed E-state index contributed by atoms with van der Waals surface area (Å²) in [6, 6.07) is 5.24. The first kappa shape index (κ1) is 21.3. The number of aromatic nitrogens is 1. The van der Waals surface area contributed by atoms with Gasteiger partial charge in [-0.3, -0.25) is 19.3 Å². The molecule has 2 aromatic heterocycles. The zero-order valence-electron chi connectivity index (χ0n) is 17.6. The molecule has 9 heteroatoms. The van der Waals surface area contributed by atoms with Crippen molar-refractivity contribution in [3.63, 3.8) is 0 Å². The van der Waals surface area contributed by atoms with Crippen LogP contribution in [0.2, 0.25) is 0 Å². The van der Waals surface area contributed by atoms with E-state index in [0.29, 0.717) is 24.9 Å². The van der Waals surface area contributed by atoms with Crippen LogP contribution in [-0.2, 0) is 20.9 Å². The van der Waals surface area contributed by atoms with Gasteiger partial charge in [0.15, 0.2) is 6.61 Å². The molecule has 164 valence electrons. The highest BCUT2D eigenvalue weighted by Gasteiger charge is 2.52. The summed E-state index contributed by atoms with van der Waals surface area (Å²) in [7, 11) is 0. The van der Waals surface area contributed by atoms with Gasteiger partial charge in [-0.05, 0) is 44.2 Å². The van der Waals surface area contributed by atoms with E-state index >= 15 is 0 Å². The number of carbonyl (C=O) groups is 4. The van der Waals surface area contributed by atoms with Crippen LogP contribution in [0.3, 0.4) is 0 Å². The number of nitrogens with zero attached hydrogens (tertiary/aromatic N) is 2. The Morgan fingerprint density at radius 1 is 1.23 bits per heavy atom. The molecule has 0 atom stereocenters. The zero-order chi connectivity index (χ0) is 22.2. The smallest absolute Gasteiger partial charge is 0.326 e. The van der Waals surface area contributed by atoms with Gasteiger partial charge in [0.2, 0.25) is 5.78 Å². The minimum atomic E-state index is -0.868. The molecule has 3 amide bonds. The predicted octanol–water partition coefficient (Wildman–Crippen LogP) is 2.81. The molecular formula is C22H25N3O5S. The van der Waals surface area contributed by atoms with Crippen LogP contribution >= 0.6 is 11.3 Å². The van der Waals surface area contributed by atoms with Gasteiger partial charge in [-0.25, -0.2) is 4.79 Å². The topological polar surface area (TPSA) is 97.7 Å². The van der Waals surface area contributed by atoms with E-state index in [4.69, 9.17) is 4.74 Å². The maximum atomic E-state index is 12.7. The molecule has 0 aromatic carbocycles. The number of thiophene rings is 1. The zero-order valence-corrected chi connectivity index (χ0v) is 18.4.